The third-order valence-corrected chi connectivity index (χ3v) is 6.04. The lowest BCUT2D eigenvalue weighted by Gasteiger charge is -2.07. The fourth-order valence-corrected chi connectivity index (χ4v) is 4.08. The van der Waals surface area contributed by atoms with Gasteiger partial charge in [0.05, 0.1) is 5.75 Å². The third kappa shape index (κ3) is 4.89. The zero-order valence-electron chi connectivity index (χ0n) is 13.3. The van der Waals surface area contributed by atoms with Crippen LogP contribution in [0.2, 0.25) is 0 Å². The van der Waals surface area contributed by atoms with Crippen LogP contribution in [0, 0.1) is 11.7 Å². The first-order chi connectivity index (χ1) is 11.8. The van der Waals surface area contributed by atoms with Gasteiger partial charge in [-0.3, -0.25) is 9.52 Å². The van der Waals surface area contributed by atoms with E-state index in [4.69, 9.17) is 0 Å². The molecule has 0 unspecified atom stereocenters. The second kappa shape index (κ2) is 7.25. The van der Waals surface area contributed by atoms with Crippen molar-refractivity contribution in [2.24, 2.45) is 5.92 Å². The van der Waals surface area contributed by atoms with Crippen LogP contribution in [0.5, 0.6) is 0 Å². The van der Waals surface area contributed by atoms with Crippen LogP contribution in [0.15, 0.2) is 53.0 Å². The summed E-state index contributed by atoms with van der Waals surface area (Å²) in [6.45, 7) is 0. The van der Waals surface area contributed by atoms with E-state index in [0.717, 1.165) is 10.0 Å². The lowest BCUT2D eigenvalue weighted by molar-refractivity contribution is -0.120. The number of hydrogen-bond donors (Lipinski definition) is 1. The van der Waals surface area contributed by atoms with Gasteiger partial charge in [0.1, 0.15) is 5.82 Å². The van der Waals surface area contributed by atoms with Crippen LogP contribution in [-0.2, 0) is 21.2 Å². The fourth-order valence-electron chi connectivity index (χ4n) is 2.75. The van der Waals surface area contributed by atoms with Crippen molar-refractivity contribution in [1.29, 1.82) is 0 Å². The van der Waals surface area contributed by atoms with E-state index in [9.17, 15) is 17.6 Å². The molecule has 132 valence electrons. The number of amides is 1. The Hall–Kier alpha value is -1.73. The summed E-state index contributed by atoms with van der Waals surface area (Å²) in [5, 5.41) is 0. The van der Waals surface area contributed by atoms with Crippen LogP contribution >= 0.6 is 15.9 Å². The van der Waals surface area contributed by atoms with Crippen molar-refractivity contribution < 1.29 is 17.6 Å². The van der Waals surface area contributed by atoms with Gasteiger partial charge >= 0.3 is 0 Å². The quantitative estimate of drug-likeness (QED) is 0.771. The molecule has 0 spiro atoms. The molecule has 0 heterocycles. The number of halogens is 2. The first-order valence-corrected chi connectivity index (χ1v) is 10.3. The molecular formula is C18H17BrFNO3S. The zero-order valence-corrected chi connectivity index (χ0v) is 15.7. The molecule has 0 aliphatic heterocycles. The summed E-state index contributed by atoms with van der Waals surface area (Å²) in [7, 11) is -3.71. The number of nitrogens with one attached hydrogen (secondary N) is 1. The molecule has 0 bridgehead atoms. The molecule has 0 aromatic heterocycles. The zero-order chi connectivity index (χ0) is 18.0. The number of rotatable bonds is 6. The molecule has 1 N–H and O–H groups in total. The first kappa shape index (κ1) is 18.1. The summed E-state index contributed by atoms with van der Waals surface area (Å²) in [5.74, 6) is -1.26. The summed E-state index contributed by atoms with van der Waals surface area (Å²) in [6, 6.07) is 13.3. The van der Waals surface area contributed by atoms with Gasteiger partial charge in [-0.25, -0.2) is 12.8 Å². The minimum atomic E-state index is -3.71. The second-order valence-corrected chi connectivity index (χ2v) is 8.92. The largest absolute Gasteiger partial charge is 0.274 e. The van der Waals surface area contributed by atoms with Crippen LogP contribution in [0.1, 0.15) is 23.5 Å². The van der Waals surface area contributed by atoms with E-state index >= 15 is 0 Å². The van der Waals surface area contributed by atoms with Gasteiger partial charge in [0.25, 0.3) is 0 Å². The van der Waals surface area contributed by atoms with E-state index in [-0.39, 0.29) is 29.8 Å². The summed E-state index contributed by atoms with van der Waals surface area (Å²) in [6.07, 6.45) is 0.880. The van der Waals surface area contributed by atoms with Crippen LogP contribution in [0.4, 0.5) is 4.39 Å². The van der Waals surface area contributed by atoms with Crippen molar-refractivity contribution in [3.05, 3.63) is 69.9 Å². The predicted octanol–water partition coefficient (Wildman–Crippen LogP) is 3.38. The van der Waals surface area contributed by atoms with E-state index in [1.54, 1.807) is 0 Å². The van der Waals surface area contributed by atoms with Gasteiger partial charge in [-0.1, -0.05) is 40.2 Å². The van der Waals surface area contributed by atoms with Crippen LogP contribution in [0.3, 0.4) is 0 Å². The van der Waals surface area contributed by atoms with Gasteiger partial charge in [0, 0.05) is 10.4 Å². The molecule has 0 radical (unpaired) electrons. The minimum absolute atomic E-state index is 0.0698. The molecule has 1 saturated carbocycles. The van der Waals surface area contributed by atoms with E-state index in [1.807, 2.05) is 24.3 Å². The number of carbonyl (C=O) groups excluding carboxylic acids is 1. The number of sulfonamides is 1. The van der Waals surface area contributed by atoms with Crippen molar-refractivity contribution in [3.63, 3.8) is 0 Å². The molecule has 7 heteroatoms. The molecule has 1 fully saturated rings. The summed E-state index contributed by atoms with van der Waals surface area (Å²) >= 11 is 3.36. The molecule has 1 aliphatic rings. The highest BCUT2D eigenvalue weighted by atomic mass is 79.9. The first-order valence-electron chi connectivity index (χ1n) is 7.88. The normalized spacial score (nSPS) is 19.4. The maximum absolute atomic E-state index is 12.8. The third-order valence-electron chi connectivity index (χ3n) is 4.25. The van der Waals surface area contributed by atoms with Crippen molar-refractivity contribution in [2.45, 2.75) is 18.8 Å². The number of hydrogen-bond acceptors (Lipinski definition) is 3. The molecule has 25 heavy (non-hydrogen) atoms. The van der Waals surface area contributed by atoms with E-state index in [0.29, 0.717) is 12.0 Å². The SMILES string of the molecule is O=C(NS(=O)(=O)CCc1ccc(F)cc1)[C@@H]1C[C@H]1c1ccc(Br)cc1. The van der Waals surface area contributed by atoms with E-state index in [2.05, 4.69) is 20.7 Å². The van der Waals surface area contributed by atoms with Crippen molar-refractivity contribution >= 4 is 31.9 Å². The number of carbonyl (C=O) groups is 1. The molecule has 2 aromatic carbocycles. The molecule has 1 amide bonds. The Balaban J connectivity index is 1.53. The Morgan fingerprint density at radius 1 is 1.12 bits per heavy atom. The highest BCUT2D eigenvalue weighted by molar-refractivity contribution is 9.10. The lowest BCUT2D eigenvalue weighted by atomic mass is 10.1. The van der Waals surface area contributed by atoms with Gasteiger partial charge in [0.2, 0.25) is 15.9 Å². The molecule has 4 nitrogen and oxygen atoms in total. The maximum Gasteiger partial charge on any atom is 0.237 e. The van der Waals surface area contributed by atoms with Gasteiger partial charge in [-0.15, -0.1) is 0 Å². The summed E-state index contributed by atoms with van der Waals surface area (Å²) in [4.78, 5) is 12.2. The topological polar surface area (TPSA) is 63.2 Å². The lowest BCUT2D eigenvalue weighted by Crippen LogP contribution is -2.34. The van der Waals surface area contributed by atoms with Crippen molar-refractivity contribution in [3.8, 4) is 0 Å². The van der Waals surface area contributed by atoms with Gasteiger partial charge in [-0.2, -0.15) is 0 Å². The van der Waals surface area contributed by atoms with Crippen molar-refractivity contribution in [2.75, 3.05) is 5.75 Å². The van der Waals surface area contributed by atoms with Crippen LogP contribution < -0.4 is 4.72 Å². The van der Waals surface area contributed by atoms with E-state index < -0.39 is 15.9 Å². The van der Waals surface area contributed by atoms with Crippen molar-refractivity contribution in [1.82, 2.24) is 4.72 Å². The Kier molecular flexibility index (Phi) is 5.24. The van der Waals surface area contributed by atoms with Crippen LogP contribution in [0.25, 0.3) is 0 Å². The molecular weight excluding hydrogens is 409 g/mol. The minimum Gasteiger partial charge on any atom is -0.274 e. The second-order valence-electron chi connectivity index (χ2n) is 6.16. The highest BCUT2D eigenvalue weighted by Gasteiger charge is 2.44. The standard InChI is InChI=1S/C18H17BrFNO3S/c19-14-5-3-13(4-6-14)16-11-17(16)18(22)21-25(23,24)10-9-12-1-7-15(20)8-2-12/h1-8,16-17H,9-11H2,(H,21,22)/t16-,17+/m0/s1. The van der Waals surface area contributed by atoms with Gasteiger partial charge in [-0.05, 0) is 54.2 Å². The Labute approximate surface area is 154 Å². The number of aryl methyl sites for hydroxylation is 1. The molecule has 1 aliphatic carbocycles. The average molecular weight is 426 g/mol. The fraction of sp³-hybridized carbons (Fsp3) is 0.278. The number of benzene rings is 2. The molecule has 2 aromatic rings. The monoisotopic (exact) mass is 425 g/mol. The Morgan fingerprint density at radius 3 is 2.40 bits per heavy atom. The average Bonchev–Trinajstić information content (AvgIpc) is 3.35. The van der Waals surface area contributed by atoms with Gasteiger partial charge in [0.15, 0.2) is 0 Å². The van der Waals surface area contributed by atoms with Gasteiger partial charge < -0.3 is 0 Å². The van der Waals surface area contributed by atoms with E-state index in [1.165, 1.54) is 24.3 Å². The molecule has 0 saturated heterocycles. The summed E-state index contributed by atoms with van der Waals surface area (Å²) in [5.41, 5.74) is 1.74. The highest BCUT2D eigenvalue weighted by Crippen LogP contribution is 2.47. The Morgan fingerprint density at radius 2 is 1.76 bits per heavy atom. The summed E-state index contributed by atoms with van der Waals surface area (Å²) < 4.78 is 40.1. The molecule has 3 rings (SSSR count). The molecule has 2 atom stereocenters. The smallest absolute Gasteiger partial charge is 0.237 e. The Bertz CT molecular complexity index is 866. The predicted molar refractivity (Wildman–Crippen MR) is 97.0 cm³/mol. The maximum atomic E-state index is 12.8. The van der Waals surface area contributed by atoms with Crippen LogP contribution in [-0.4, -0.2) is 20.1 Å².